The van der Waals surface area contributed by atoms with Gasteiger partial charge in [0.1, 0.15) is 23.3 Å². The summed E-state index contributed by atoms with van der Waals surface area (Å²) < 4.78 is 51.8. The van der Waals surface area contributed by atoms with E-state index in [0.29, 0.717) is 11.8 Å². The molecular formula is C32H32F4. The molecule has 0 heterocycles. The van der Waals surface area contributed by atoms with Gasteiger partial charge in [0.2, 0.25) is 0 Å². The molecule has 188 valence electrons. The molecule has 0 bridgehead atoms. The smallest absolute Gasteiger partial charge is 0.123 e. The Balaban J connectivity index is 0.000000201. The molecular weight excluding hydrogens is 460 g/mol. The van der Waals surface area contributed by atoms with E-state index in [-0.39, 0.29) is 35.1 Å². The predicted octanol–water partition coefficient (Wildman–Crippen LogP) is 9.51. The SMILES string of the molecule is CC(C)C(c1ccc(F)cc1)c1ccc(F)cc1.CC(C)C(c1ccc(F)cc1)c1ccc(F)cc1. The van der Waals surface area contributed by atoms with Crippen molar-refractivity contribution in [3.8, 4) is 0 Å². The van der Waals surface area contributed by atoms with Gasteiger partial charge in [0.15, 0.2) is 0 Å². The Labute approximate surface area is 211 Å². The van der Waals surface area contributed by atoms with Crippen LogP contribution in [0.1, 0.15) is 61.8 Å². The second-order valence-electron chi connectivity index (χ2n) is 9.65. The zero-order chi connectivity index (χ0) is 26.2. The lowest BCUT2D eigenvalue weighted by Gasteiger charge is -2.22. The number of rotatable bonds is 6. The maximum absolute atomic E-state index is 13.0. The van der Waals surface area contributed by atoms with E-state index in [1.165, 1.54) is 48.5 Å². The monoisotopic (exact) mass is 492 g/mol. The minimum atomic E-state index is -0.236. The van der Waals surface area contributed by atoms with Gasteiger partial charge in [0, 0.05) is 11.8 Å². The molecule has 4 aromatic carbocycles. The van der Waals surface area contributed by atoms with E-state index >= 15 is 0 Å². The highest BCUT2D eigenvalue weighted by atomic mass is 19.1. The lowest BCUT2D eigenvalue weighted by molar-refractivity contribution is 0.558. The van der Waals surface area contributed by atoms with Crippen LogP contribution in [0.4, 0.5) is 17.6 Å². The molecule has 4 heteroatoms. The van der Waals surface area contributed by atoms with Crippen molar-refractivity contribution in [2.24, 2.45) is 11.8 Å². The summed E-state index contributed by atoms with van der Waals surface area (Å²) in [5, 5.41) is 0. The second kappa shape index (κ2) is 12.5. The first kappa shape index (κ1) is 27.2. The van der Waals surface area contributed by atoms with E-state index in [2.05, 4.69) is 27.7 Å². The lowest BCUT2D eigenvalue weighted by Crippen LogP contribution is -2.08. The quantitative estimate of drug-likeness (QED) is 0.235. The van der Waals surface area contributed by atoms with Crippen molar-refractivity contribution in [2.75, 3.05) is 0 Å². The van der Waals surface area contributed by atoms with Crippen molar-refractivity contribution < 1.29 is 17.6 Å². The van der Waals surface area contributed by atoms with Crippen LogP contribution in [-0.4, -0.2) is 0 Å². The van der Waals surface area contributed by atoms with Crippen molar-refractivity contribution in [3.05, 3.63) is 143 Å². The Morgan fingerprint density at radius 1 is 0.333 bits per heavy atom. The number of halogens is 4. The Morgan fingerprint density at radius 2 is 0.500 bits per heavy atom. The Hall–Kier alpha value is -3.40. The van der Waals surface area contributed by atoms with Crippen LogP contribution in [0.5, 0.6) is 0 Å². The molecule has 0 saturated carbocycles. The molecule has 4 aromatic rings. The van der Waals surface area contributed by atoms with Crippen LogP contribution in [-0.2, 0) is 0 Å². The van der Waals surface area contributed by atoms with E-state index in [0.717, 1.165) is 22.3 Å². The molecule has 0 N–H and O–H groups in total. The van der Waals surface area contributed by atoms with Crippen LogP contribution in [0.3, 0.4) is 0 Å². The van der Waals surface area contributed by atoms with Crippen molar-refractivity contribution in [3.63, 3.8) is 0 Å². The first-order chi connectivity index (χ1) is 17.2. The molecule has 0 aromatic heterocycles. The van der Waals surface area contributed by atoms with Gasteiger partial charge in [-0.15, -0.1) is 0 Å². The summed E-state index contributed by atoms with van der Waals surface area (Å²) in [7, 11) is 0. The molecule has 0 aliphatic rings. The van der Waals surface area contributed by atoms with Crippen LogP contribution >= 0.6 is 0 Å². The lowest BCUT2D eigenvalue weighted by atomic mass is 9.83. The average Bonchev–Trinajstić information content (AvgIpc) is 2.84. The minimum absolute atomic E-state index is 0.159. The number of benzene rings is 4. The number of hydrogen-bond acceptors (Lipinski definition) is 0. The van der Waals surface area contributed by atoms with E-state index < -0.39 is 0 Å². The summed E-state index contributed by atoms with van der Waals surface area (Å²) in [5.41, 5.74) is 4.21. The van der Waals surface area contributed by atoms with E-state index in [1.54, 1.807) is 48.5 Å². The van der Waals surface area contributed by atoms with Gasteiger partial charge in [-0.2, -0.15) is 0 Å². The van der Waals surface area contributed by atoms with Gasteiger partial charge < -0.3 is 0 Å². The van der Waals surface area contributed by atoms with Gasteiger partial charge in [-0.25, -0.2) is 17.6 Å². The summed E-state index contributed by atoms with van der Waals surface area (Å²) in [4.78, 5) is 0. The molecule has 0 radical (unpaired) electrons. The molecule has 0 aliphatic heterocycles. The molecule has 4 rings (SSSR count). The van der Waals surface area contributed by atoms with Gasteiger partial charge in [0.05, 0.1) is 0 Å². The molecule has 0 amide bonds. The van der Waals surface area contributed by atoms with Gasteiger partial charge >= 0.3 is 0 Å². The first-order valence-corrected chi connectivity index (χ1v) is 12.2. The largest absolute Gasteiger partial charge is 0.207 e. The first-order valence-electron chi connectivity index (χ1n) is 12.2. The summed E-state index contributed by atoms with van der Waals surface area (Å²) in [6.45, 7) is 8.43. The molecule has 0 fully saturated rings. The summed E-state index contributed by atoms with van der Waals surface area (Å²) >= 11 is 0. The highest BCUT2D eigenvalue weighted by molar-refractivity contribution is 5.34. The maximum atomic E-state index is 13.0. The molecule has 0 atom stereocenters. The Bertz CT molecular complexity index is 1000. The molecule has 0 aliphatic carbocycles. The Morgan fingerprint density at radius 3 is 0.639 bits per heavy atom. The second-order valence-corrected chi connectivity index (χ2v) is 9.65. The third-order valence-electron chi connectivity index (χ3n) is 6.25. The van der Waals surface area contributed by atoms with E-state index in [4.69, 9.17) is 0 Å². The van der Waals surface area contributed by atoms with Crippen molar-refractivity contribution in [1.29, 1.82) is 0 Å². The van der Waals surface area contributed by atoms with Crippen LogP contribution in [0.2, 0.25) is 0 Å². The summed E-state index contributed by atoms with van der Waals surface area (Å²) in [5.74, 6) is 0.0979. The van der Waals surface area contributed by atoms with E-state index in [9.17, 15) is 17.6 Å². The summed E-state index contributed by atoms with van der Waals surface area (Å²) in [6, 6.07) is 26.1. The van der Waals surface area contributed by atoms with Crippen molar-refractivity contribution in [1.82, 2.24) is 0 Å². The van der Waals surface area contributed by atoms with Crippen LogP contribution in [0, 0.1) is 35.1 Å². The zero-order valence-corrected chi connectivity index (χ0v) is 21.1. The third-order valence-corrected chi connectivity index (χ3v) is 6.25. The topological polar surface area (TPSA) is 0 Å². The number of hydrogen-bond donors (Lipinski definition) is 0. The Kier molecular flexibility index (Phi) is 9.46. The van der Waals surface area contributed by atoms with Gasteiger partial charge in [-0.3, -0.25) is 0 Å². The molecule has 0 unspecified atom stereocenters. The zero-order valence-electron chi connectivity index (χ0n) is 21.1. The molecule has 36 heavy (non-hydrogen) atoms. The third kappa shape index (κ3) is 7.30. The highest BCUT2D eigenvalue weighted by Crippen LogP contribution is 2.33. The fourth-order valence-corrected chi connectivity index (χ4v) is 4.60. The van der Waals surface area contributed by atoms with Crippen molar-refractivity contribution >= 4 is 0 Å². The van der Waals surface area contributed by atoms with Crippen LogP contribution in [0.15, 0.2) is 97.1 Å². The maximum Gasteiger partial charge on any atom is 0.123 e. The van der Waals surface area contributed by atoms with Gasteiger partial charge in [-0.1, -0.05) is 76.2 Å². The summed E-state index contributed by atoms with van der Waals surface area (Å²) in [6.07, 6.45) is 0. The van der Waals surface area contributed by atoms with E-state index in [1.807, 2.05) is 0 Å². The van der Waals surface area contributed by atoms with Crippen LogP contribution in [0.25, 0.3) is 0 Å². The predicted molar refractivity (Wildman–Crippen MR) is 139 cm³/mol. The van der Waals surface area contributed by atoms with Crippen LogP contribution < -0.4 is 0 Å². The standard InChI is InChI=1S/2C16H16F2/c2*1-11(2)16(12-3-7-14(17)8-4-12)13-5-9-15(18)10-6-13/h2*3-11,16H,1-2H3. The minimum Gasteiger partial charge on any atom is -0.207 e. The fraction of sp³-hybridized carbons (Fsp3) is 0.250. The molecule has 0 saturated heterocycles. The van der Waals surface area contributed by atoms with Gasteiger partial charge in [-0.05, 0) is 82.6 Å². The molecule has 0 spiro atoms. The van der Waals surface area contributed by atoms with Crippen molar-refractivity contribution in [2.45, 2.75) is 39.5 Å². The van der Waals surface area contributed by atoms with Gasteiger partial charge in [0.25, 0.3) is 0 Å². The average molecular weight is 493 g/mol. The fourth-order valence-electron chi connectivity index (χ4n) is 4.60. The highest BCUT2D eigenvalue weighted by Gasteiger charge is 2.19. The normalized spacial score (nSPS) is 11.2. The molecule has 0 nitrogen and oxygen atoms in total.